The summed E-state index contributed by atoms with van der Waals surface area (Å²) in [4.78, 5) is 11.1. The van der Waals surface area contributed by atoms with Crippen molar-refractivity contribution in [1.82, 2.24) is 0 Å². The molecule has 0 amide bonds. The lowest BCUT2D eigenvalue weighted by molar-refractivity contribution is -0.146. The molecular weight excluding hydrogens is 256 g/mol. The van der Waals surface area contributed by atoms with E-state index in [-0.39, 0.29) is 12.1 Å². The van der Waals surface area contributed by atoms with Gasteiger partial charge in [0, 0.05) is 0 Å². The molecule has 3 heteroatoms. The fourth-order valence-electron chi connectivity index (χ4n) is 1.43. The minimum absolute atomic E-state index is 0.102. The highest BCUT2D eigenvalue weighted by Gasteiger charge is 2.11. The van der Waals surface area contributed by atoms with Gasteiger partial charge in [-0.2, -0.15) is 0 Å². The molecule has 0 aromatic rings. The van der Waals surface area contributed by atoms with Crippen LogP contribution in [0.4, 0.5) is 0 Å². The molecule has 1 atom stereocenters. The molecule has 0 bridgehead atoms. The van der Waals surface area contributed by atoms with E-state index in [1.54, 1.807) is 0 Å². The Balaban J connectivity index is 3.76. The van der Waals surface area contributed by atoms with Gasteiger partial charge in [0.05, 0.1) is 0 Å². The second-order valence-electron chi connectivity index (χ2n) is 3.53. The maximum absolute atomic E-state index is 11.1. The number of rotatable bonds is 8. The average Bonchev–Trinajstić information content (AvgIpc) is 2.24. The van der Waals surface area contributed by atoms with Gasteiger partial charge in [-0.1, -0.05) is 41.4 Å². The van der Waals surface area contributed by atoms with Gasteiger partial charge in [0.25, 0.3) is 0 Å². The normalized spacial score (nSPS) is 13.0. The molecule has 0 saturated carbocycles. The molecule has 0 N–H and O–H groups in total. The molecule has 0 aliphatic heterocycles. The molecule has 0 saturated heterocycles. The van der Waals surface area contributed by atoms with E-state index in [9.17, 15) is 4.79 Å². The first-order valence-corrected chi connectivity index (χ1v) is 6.73. The number of carbonyl (C=O) groups is 1. The van der Waals surface area contributed by atoms with E-state index in [1.165, 1.54) is 0 Å². The molecule has 0 aromatic carbocycles. The summed E-state index contributed by atoms with van der Waals surface area (Å²) < 4.78 is 5.31. The van der Waals surface area contributed by atoms with Crippen LogP contribution in [-0.4, -0.2) is 17.4 Å². The first kappa shape index (κ1) is 14.7. The lowest BCUT2D eigenvalue weighted by Crippen LogP contribution is -2.18. The second kappa shape index (κ2) is 10.2. The SMILES string of the molecule is C/C=C/CCCC(CCC)OC(=O)CBr. The predicted molar refractivity (Wildman–Crippen MR) is 67.2 cm³/mol. The first-order valence-electron chi connectivity index (χ1n) is 5.61. The Labute approximate surface area is 101 Å². The van der Waals surface area contributed by atoms with E-state index in [1.807, 2.05) is 6.92 Å². The van der Waals surface area contributed by atoms with Gasteiger partial charge in [-0.05, 0) is 32.6 Å². The number of hydrogen-bond acceptors (Lipinski definition) is 2. The standard InChI is InChI=1S/C12H21BrO2/c1-3-5-6-7-9-11(8-4-2)15-12(14)10-13/h3,5,11H,4,6-10H2,1-2H3/b5-3+. The molecule has 0 aromatic heterocycles. The molecule has 1 unspecified atom stereocenters. The third-order valence-electron chi connectivity index (χ3n) is 2.15. The highest BCUT2D eigenvalue weighted by atomic mass is 79.9. The summed E-state index contributed by atoms with van der Waals surface area (Å²) in [5.41, 5.74) is 0. The summed E-state index contributed by atoms with van der Waals surface area (Å²) in [6.45, 7) is 4.13. The van der Waals surface area contributed by atoms with Crippen molar-refractivity contribution in [3.8, 4) is 0 Å². The van der Waals surface area contributed by atoms with Crippen LogP contribution >= 0.6 is 15.9 Å². The quantitative estimate of drug-likeness (QED) is 0.291. The van der Waals surface area contributed by atoms with Gasteiger partial charge in [-0.3, -0.25) is 4.79 Å². The largest absolute Gasteiger partial charge is 0.462 e. The summed E-state index contributed by atoms with van der Waals surface area (Å²) in [5, 5.41) is 0.294. The van der Waals surface area contributed by atoms with Crippen molar-refractivity contribution < 1.29 is 9.53 Å². The minimum Gasteiger partial charge on any atom is -0.462 e. The van der Waals surface area contributed by atoms with Crippen LogP contribution in [0.15, 0.2) is 12.2 Å². The molecule has 2 nitrogen and oxygen atoms in total. The maximum atomic E-state index is 11.1. The van der Waals surface area contributed by atoms with Gasteiger partial charge in [-0.15, -0.1) is 0 Å². The number of unbranched alkanes of at least 4 members (excludes halogenated alkanes) is 1. The number of halogens is 1. The Bertz CT molecular complexity index is 190. The van der Waals surface area contributed by atoms with Crippen LogP contribution in [0.5, 0.6) is 0 Å². The Hall–Kier alpha value is -0.310. The summed E-state index contributed by atoms with van der Waals surface area (Å²) in [5.74, 6) is -0.153. The van der Waals surface area contributed by atoms with Crippen molar-refractivity contribution in [2.24, 2.45) is 0 Å². The van der Waals surface area contributed by atoms with Crippen LogP contribution in [0.25, 0.3) is 0 Å². The highest BCUT2D eigenvalue weighted by molar-refractivity contribution is 9.09. The number of ether oxygens (including phenoxy) is 1. The van der Waals surface area contributed by atoms with Gasteiger partial charge in [0.1, 0.15) is 11.4 Å². The minimum atomic E-state index is -0.153. The van der Waals surface area contributed by atoms with Crippen molar-refractivity contribution >= 4 is 21.9 Å². The average molecular weight is 277 g/mol. The van der Waals surface area contributed by atoms with Gasteiger partial charge in [-0.25, -0.2) is 0 Å². The molecular formula is C12H21BrO2. The zero-order valence-electron chi connectivity index (χ0n) is 9.67. The first-order chi connectivity index (χ1) is 7.24. The fourth-order valence-corrected chi connectivity index (χ4v) is 1.56. The van der Waals surface area contributed by atoms with Crippen molar-refractivity contribution in [1.29, 1.82) is 0 Å². The summed E-state index contributed by atoms with van der Waals surface area (Å²) in [6, 6.07) is 0. The fraction of sp³-hybridized carbons (Fsp3) is 0.750. The van der Waals surface area contributed by atoms with E-state index in [0.717, 1.165) is 32.1 Å². The number of esters is 1. The lowest BCUT2D eigenvalue weighted by atomic mass is 10.1. The third-order valence-corrected chi connectivity index (χ3v) is 2.61. The summed E-state index contributed by atoms with van der Waals surface area (Å²) in [7, 11) is 0. The topological polar surface area (TPSA) is 26.3 Å². The van der Waals surface area contributed by atoms with Gasteiger partial charge in [0.2, 0.25) is 0 Å². The second-order valence-corrected chi connectivity index (χ2v) is 4.09. The zero-order valence-corrected chi connectivity index (χ0v) is 11.3. The molecule has 0 radical (unpaired) electrons. The van der Waals surface area contributed by atoms with Crippen LogP contribution in [0.1, 0.15) is 46.0 Å². The van der Waals surface area contributed by atoms with Gasteiger partial charge >= 0.3 is 5.97 Å². The van der Waals surface area contributed by atoms with Gasteiger partial charge in [0.15, 0.2) is 0 Å². The Kier molecular flexibility index (Phi) is 10.0. The molecule has 88 valence electrons. The van der Waals surface area contributed by atoms with Crippen LogP contribution in [0.2, 0.25) is 0 Å². The maximum Gasteiger partial charge on any atom is 0.316 e. The third kappa shape index (κ3) is 8.67. The van der Waals surface area contributed by atoms with E-state index >= 15 is 0 Å². The summed E-state index contributed by atoms with van der Waals surface area (Å²) >= 11 is 3.10. The van der Waals surface area contributed by atoms with Crippen molar-refractivity contribution in [3.05, 3.63) is 12.2 Å². The predicted octanol–water partition coefficient (Wildman–Crippen LogP) is 3.84. The molecule has 0 heterocycles. The number of hydrogen-bond donors (Lipinski definition) is 0. The Morgan fingerprint density at radius 1 is 1.47 bits per heavy atom. The molecule has 15 heavy (non-hydrogen) atoms. The molecule has 0 fully saturated rings. The van der Waals surface area contributed by atoms with Gasteiger partial charge < -0.3 is 4.74 Å². The summed E-state index contributed by atoms with van der Waals surface area (Å²) in [6.07, 6.45) is 9.46. The molecule has 0 rings (SSSR count). The Morgan fingerprint density at radius 3 is 2.73 bits per heavy atom. The van der Waals surface area contributed by atoms with Crippen LogP contribution in [0.3, 0.4) is 0 Å². The van der Waals surface area contributed by atoms with Crippen LogP contribution in [0, 0.1) is 0 Å². The molecule has 0 spiro atoms. The van der Waals surface area contributed by atoms with Crippen molar-refractivity contribution in [2.45, 2.75) is 52.1 Å². The number of allylic oxidation sites excluding steroid dienone is 2. The van der Waals surface area contributed by atoms with E-state index in [2.05, 4.69) is 35.0 Å². The van der Waals surface area contributed by atoms with Crippen LogP contribution < -0.4 is 0 Å². The zero-order chi connectivity index (χ0) is 11.5. The van der Waals surface area contributed by atoms with E-state index in [4.69, 9.17) is 4.74 Å². The highest BCUT2D eigenvalue weighted by Crippen LogP contribution is 2.12. The molecule has 0 aliphatic carbocycles. The smallest absolute Gasteiger partial charge is 0.316 e. The number of carbonyl (C=O) groups excluding carboxylic acids is 1. The lowest BCUT2D eigenvalue weighted by Gasteiger charge is -2.16. The monoisotopic (exact) mass is 276 g/mol. The van der Waals surface area contributed by atoms with Crippen molar-refractivity contribution in [2.75, 3.05) is 5.33 Å². The van der Waals surface area contributed by atoms with Crippen molar-refractivity contribution in [3.63, 3.8) is 0 Å². The van der Waals surface area contributed by atoms with E-state index in [0.29, 0.717) is 5.33 Å². The van der Waals surface area contributed by atoms with Crippen LogP contribution in [-0.2, 0) is 9.53 Å². The number of alkyl halides is 1. The molecule has 0 aliphatic rings. The Morgan fingerprint density at radius 2 is 2.20 bits per heavy atom. The van der Waals surface area contributed by atoms with E-state index < -0.39 is 0 Å².